The minimum Gasteiger partial charge on any atom is -0.360 e. The van der Waals surface area contributed by atoms with E-state index in [1.165, 1.54) is 0 Å². The van der Waals surface area contributed by atoms with Crippen molar-refractivity contribution in [3.8, 4) is 0 Å². The van der Waals surface area contributed by atoms with Gasteiger partial charge in [0.1, 0.15) is 0 Å². The second-order valence-electron chi connectivity index (χ2n) is 3.29. The Morgan fingerprint density at radius 2 is 2.21 bits per heavy atom. The van der Waals surface area contributed by atoms with Crippen molar-refractivity contribution in [1.82, 2.24) is 4.98 Å². The van der Waals surface area contributed by atoms with Crippen molar-refractivity contribution < 1.29 is 4.79 Å². The van der Waals surface area contributed by atoms with Gasteiger partial charge in [-0.15, -0.1) is 0 Å². The Morgan fingerprint density at radius 3 is 2.93 bits per heavy atom. The molecule has 0 aliphatic carbocycles. The Balaban J connectivity index is 2.91. The summed E-state index contributed by atoms with van der Waals surface area (Å²) in [6.07, 6.45) is 2.26. The summed E-state index contributed by atoms with van der Waals surface area (Å²) in [6.45, 7) is 1.99. The van der Waals surface area contributed by atoms with Crippen molar-refractivity contribution in [2.24, 2.45) is 0 Å². The third-order valence-corrected chi connectivity index (χ3v) is 2.24. The Hall–Kier alpha value is -1.90. The molecule has 1 heterocycles. The predicted octanol–water partition coefficient (Wildman–Crippen LogP) is 1.77. The molecule has 0 radical (unpaired) electrons. The molecule has 0 fully saturated rings. The number of aryl methyl sites for hydroxylation is 1. The van der Waals surface area contributed by atoms with Gasteiger partial charge in [0.2, 0.25) is 0 Å². The maximum Gasteiger partial charge on any atom is 0.153 e. The third kappa shape index (κ3) is 1.23. The van der Waals surface area contributed by atoms with Crippen molar-refractivity contribution in [1.29, 1.82) is 5.41 Å². The highest BCUT2D eigenvalue weighted by atomic mass is 16.1. The fraction of sp³-hybridized carbons (Fsp3) is 0.0909. The fourth-order valence-corrected chi connectivity index (χ4v) is 1.47. The molecule has 0 aliphatic heterocycles. The molecule has 0 saturated carbocycles. The first-order chi connectivity index (χ1) is 6.72. The van der Waals surface area contributed by atoms with Crippen LogP contribution in [0.2, 0.25) is 0 Å². The number of pyridine rings is 1. The first kappa shape index (κ1) is 8.69. The smallest absolute Gasteiger partial charge is 0.153 e. The summed E-state index contributed by atoms with van der Waals surface area (Å²) in [5.41, 5.74) is 2.41. The number of nitrogens with one attached hydrogen (secondary N) is 2. The standard InChI is InChI=1S/C11H10N2O/c1-7-2-3-9-10(4-7)13-5-8(6-14)11(9)12/h2-6H,1H3,(H2,12,13). The lowest BCUT2D eigenvalue weighted by atomic mass is 10.1. The second-order valence-corrected chi connectivity index (χ2v) is 3.29. The van der Waals surface area contributed by atoms with E-state index in [0.29, 0.717) is 11.8 Å². The number of benzene rings is 1. The summed E-state index contributed by atoms with van der Waals surface area (Å²) < 4.78 is 0. The number of aromatic amines is 1. The summed E-state index contributed by atoms with van der Waals surface area (Å²) in [5.74, 6) is 0. The zero-order valence-electron chi connectivity index (χ0n) is 7.79. The van der Waals surface area contributed by atoms with Gasteiger partial charge in [-0.25, -0.2) is 0 Å². The fourth-order valence-electron chi connectivity index (χ4n) is 1.47. The van der Waals surface area contributed by atoms with Crippen LogP contribution >= 0.6 is 0 Å². The van der Waals surface area contributed by atoms with Crippen LogP contribution in [0.25, 0.3) is 10.9 Å². The van der Waals surface area contributed by atoms with E-state index < -0.39 is 0 Å². The maximum atomic E-state index is 10.6. The van der Waals surface area contributed by atoms with Crippen molar-refractivity contribution in [2.75, 3.05) is 0 Å². The minimum absolute atomic E-state index is 0.286. The van der Waals surface area contributed by atoms with Gasteiger partial charge in [-0.2, -0.15) is 0 Å². The molecule has 3 nitrogen and oxygen atoms in total. The number of carbonyl (C=O) groups excluding carboxylic acids is 1. The Labute approximate surface area is 80.9 Å². The Bertz CT molecular complexity index is 555. The van der Waals surface area contributed by atoms with E-state index in [0.717, 1.165) is 16.5 Å². The molecule has 70 valence electrons. The van der Waals surface area contributed by atoms with Gasteiger partial charge in [-0.3, -0.25) is 10.2 Å². The first-order valence-electron chi connectivity index (χ1n) is 4.34. The van der Waals surface area contributed by atoms with Gasteiger partial charge in [0.15, 0.2) is 6.29 Å². The van der Waals surface area contributed by atoms with Gasteiger partial charge in [-0.1, -0.05) is 12.1 Å². The summed E-state index contributed by atoms with van der Waals surface area (Å²) in [5, 5.41) is 8.82. The van der Waals surface area contributed by atoms with Crippen molar-refractivity contribution in [3.63, 3.8) is 0 Å². The van der Waals surface area contributed by atoms with Crippen LogP contribution in [0.1, 0.15) is 15.9 Å². The number of rotatable bonds is 1. The lowest BCUT2D eigenvalue weighted by molar-refractivity contribution is 0.112. The van der Waals surface area contributed by atoms with Crippen LogP contribution in [0.3, 0.4) is 0 Å². The van der Waals surface area contributed by atoms with Gasteiger partial charge in [-0.05, 0) is 18.6 Å². The van der Waals surface area contributed by atoms with Gasteiger partial charge >= 0.3 is 0 Å². The number of hydrogen-bond donors (Lipinski definition) is 2. The lowest BCUT2D eigenvalue weighted by Gasteiger charge is -2.01. The largest absolute Gasteiger partial charge is 0.360 e. The number of carbonyl (C=O) groups is 1. The zero-order valence-corrected chi connectivity index (χ0v) is 7.79. The second kappa shape index (κ2) is 3.10. The highest BCUT2D eigenvalue weighted by Gasteiger charge is 2.00. The monoisotopic (exact) mass is 186 g/mol. The molecular formula is C11H10N2O. The SMILES string of the molecule is Cc1ccc2c(=N)c(C=O)c[nH]c2c1. The molecule has 0 unspecified atom stereocenters. The van der Waals surface area contributed by atoms with E-state index in [9.17, 15) is 4.79 Å². The number of hydrogen-bond acceptors (Lipinski definition) is 2. The van der Waals surface area contributed by atoms with Gasteiger partial charge in [0.05, 0.1) is 10.9 Å². The van der Waals surface area contributed by atoms with Crippen LogP contribution < -0.4 is 5.36 Å². The molecule has 2 rings (SSSR count). The van der Waals surface area contributed by atoms with Crippen molar-refractivity contribution in [2.45, 2.75) is 6.92 Å². The molecule has 0 aliphatic rings. The van der Waals surface area contributed by atoms with Gasteiger partial charge < -0.3 is 4.98 Å². The zero-order chi connectivity index (χ0) is 10.1. The molecule has 0 amide bonds. The molecule has 2 aromatic rings. The highest BCUT2D eigenvalue weighted by Crippen LogP contribution is 2.09. The molecule has 0 atom stereocenters. The average Bonchev–Trinajstić information content (AvgIpc) is 2.18. The molecule has 14 heavy (non-hydrogen) atoms. The van der Waals surface area contributed by atoms with Crippen LogP contribution in [0.5, 0.6) is 0 Å². The van der Waals surface area contributed by atoms with Crippen molar-refractivity contribution in [3.05, 3.63) is 40.9 Å². The number of aldehydes is 1. The van der Waals surface area contributed by atoms with E-state index in [4.69, 9.17) is 5.41 Å². The number of fused-ring (bicyclic) bond motifs is 1. The van der Waals surface area contributed by atoms with Crippen LogP contribution in [-0.4, -0.2) is 11.3 Å². The Morgan fingerprint density at radius 1 is 1.43 bits per heavy atom. The summed E-state index contributed by atoms with van der Waals surface area (Å²) in [4.78, 5) is 13.6. The van der Waals surface area contributed by atoms with Crippen LogP contribution in [0.4, 0.5) is 0 Å². The van der Waals surface area contributed by atoms with E-state index >= 15 is 0 Å². The molecule has 0 saturated heterocycles. The molecule has 0 bridgehead atoms. The topological polar surface area (TPSA) is 56.7 Å². The van der Waals surface area contributed by atoms with E-state index in [-0.39, 0.29) is 5.36 Å². The lowest BCUT2D eigenvalue weighted by Crippen LogP contribution is -2.09. The summed E-state index contributed by atoms with van der Waals surface area (Å²) in [7, 11) is 0. The molecule has 1 aromatic heterocycles. The number of aromatic nitrogens is 1. The molecule has 2 N–H and O–H groups in total. The summed E-state index contributed by atoms with van der Waals surface area (Å²) >= 11 is 0. The minimum atomic E-state index is 0.286. The quantitative estimate of drug-likeness (QED) is 0.655. The highest BCUT2D eigenvalue weighted by molar-refractivity contribution is 5.85. The normalized spacial score (nSPS) is 10.4. The van der Waals surface area contributed by atoms with Gasteiger partial charge in [0.25, 0.3) is 0 Å². The first-order valence-corrected chi connectivity index (χ1v) is 4.34. The number of H-pyrrole nitrogens is 1. The summed E-state index contributed by atoms with van der Waals surface area (Å²) in [6, 6.07) is 5.75. The van der Waals surface area contributed by atoms with Crippen LogP contribution in [-0.2, 0) is 0 Å². The van der Waals surface area contributed by atoms with E-state index in [2.05, 4.69) is 4.98 Å². The third-order valence-electron chi connectivity index (χ3n) is 2.24. The maximum absolute atomic E-state index is 10.6. The predicted molar refractivity (Wildman–Crippen MR) is 54.3 cm³/mol. The van der Waals surface area contributed by atoms with E-state index in [1.54, 1.807) is 6.20 Å². The average molecular weight is 186 g/mol. The molecular weight excluding hydrogens is 176 g/mol. The van der Waals surface area contributed by atoms with Gasteiger partial charge in [0, 0.05) is 17.1 Å². The van der Waals surface area contributed by atoms with Crippen LogP contribution in [0, 0.1) is 12.3 Å². The van der Waals surface area contributed by atoms with Crippen LogP contribution in [0.15, 0.2) is 24.4 Å². The van der Waals surface area contributed by atoms with Crippen molar-refractivity contribution >= 4 is 17.2 Å². The van der Waals surface area contributed by atoms with E-state index in [1.807, 2.05) is 25.1 Å². The molecule has 3 heteroatoms. The molecule has 1 aromatic carbocycles. The Kier molecular flexibility index (Phi) is 1.93. The molecule has 0 spiro atoms.